The van der Waals surface area contributed by atoms with E-state index in [1.165, 1.54) is 13.3 Å². The van der Waals surface area contributed by atoms with Crippen molar-refractivity contribution in [1.82, 2.24) is 19.5 Å². The molecule has 1 fully saturated rings. The first-order chi connectivity index (χ1) is 16.2. The summed E-state index contributed by atoms with van der Waals surface area (Å²) in [5, 5.41) is 0. The maximum atomic E-state index is 12.8. The number of carbonyl (C=O) groups is 2. The number of imidazole rings is 1. The number of rotatable bonds is 12. The molecular formula is C19H28N5O9P. The maximum absolute atomic E-state index is 12.8. The van der Waals surface area contributed by atoms with Crippen molar-refractivity contribution in [3.8, 4) is 5.88 Å². The van der Waals surface area contributed by atoms with Crippen molar-refractivity contribution < 1.29 is 41.9 Å². The Hall–Kier alpha value is -2.64. The van der Waals surface area contributed by atoms with Gasteiger partial charge in [-0.25, -0.2) is 9.55 Å². The third-order valence-corrected chi connectivity index (χ3v) is 6.17. The quantitative estimate of drug-likeness (QED) is 0.254. The second kappa shape index (κ2) is 11.7. The predicted molar refractivity (Wildman–Crippen MR) is 117 cm³/mol. The average Bonchev–Trinajstić information content (AvgIpc) is 3.42. The molecule has 0 bridgehead atoms. The van der Waals surface area contributed by atoms with E-state index in [0.717, 1.165) is 0 Å². The lowest BCUT2D eigenvalue weighted by Crippen LogP contribution is -2.18. The molecule has 188 valence electrons. The molecule has 14 nitrogen and oxygen atoms in total. The highest BCUT2D eigenvalue weighted by Crippen LogP contribution is 2.50. The number of esters is 2. The van der Waals surface area contributed by atoms with Gasteiger partial charge in [-0.2, -0.15) is 9.97 Å². The zero-order chi connectivity index (χ0) is 24.7. The lowest BCUT2D eigenvalue weighted by Gasteiger charge is -2.20. The largest absolute Gasteiger partial charge is 0.474 e. The van der Waals surface area contributed by atoms with Gasteiger partial charge in [0.25, 0.3) is 5.88 Å². The van der Waals surface area contributed by atoms with Crippen LogP contribution in [0.1, 0.15) is 46.3 Å². The minimum atomic E-state index is -3.86. The summed E-state index contributed by atoms with van der Waals surface area (Å²) in [4.78, 5) is 34.9. The Labute approximate surface area is 195 Å². The lowest BCUT2D eigenvalue weighted by molar-refractivity contribution is -0.144. The van der Waals surface area contributed by atoms with Crippen LogP contribution in [0.5, 0.6) is 5.88 Å². The van der Waals surface area contributed by atoms with E-state index in [-0.39, 0.29) is 56.2 Å². The van der Waals surface area contributed by atoms with Gasteiger partial charge in [-0.1, -0.05) is 6.92 Å². The van der Waals surface area contributed by atoms with E-state index in [4.69, 9.17) is 33.5 Å². The first kappa shape index (κ1) is 26.0. The fourth-order valence-corrected chi connectivity index (χ4v) is 4.38. The van der Waals surface area contributed by atoms with Gasteiger partial charge in [0, 0.05) is 13.3 Å². The van der Waals surface area contributed by atoms with Gasteiger partial charge in [0.05, 0.1) is 32.3 Å². The summed E-state index contributed by atoms with van der Waals surface area (Å²) < 4.78 is 46.2. The molecule has 2 N–H and O–H groups in total. The number of nitrogens with zero attached hydrogens (tertiary/aromatic N) is 4. The number of phosphoric acid groups is 1. The van der Waals surface area contributed by atoms with Crippen LogP contribution in [0.25, 0.3) is 11.2 Å². The Morgan fingerprint density at radius 1 is 1.21 bits per heavy atom. The molecule has 2 aromatic rings. The van der Waals surface area contributed by atoms with E-state index < -0.39 is 26.1 Å². The zero-order valence-corrected chi connectivity index (χ0v) is 20.1. The van der Waals surface area contributed by atoms with E-state index >= 15 is 0 Å². The van der Waals surface area contributed by atoms with Crippen molar-refractivity contribution in [2.45, 2.75) is 52.4 Å². The summed E-state index contributed by atoms with van der Waals surface area (Å²) in [5.74, 6) is -1.07. The number of hydrogen-bond donors (Lipinski definition) is 1. The summed E-state index contributed by atoms with van der Waals surface area (Å²) in [6.45, 7) is 4.42. The van der Waals surface area contributed by atoms with Crippen LogP contribution in [0.3, 0.4) is 0 Å². The summed E-state index contributed by atoms with van der Waals surface area (Å²) in [6, 6.07) is 0. The first-order valence-corrected chi connectivity index (χ1v) is 12.2. The number of nitrogens with two attached hydrogens (primary N) is 1. The van der Waals surface area contributed by atoms with E-state index in [0.29, 0.717) is 18.5 Å². The Bertz CT molecular complexity index is 1060. The third kappa shape index (κ3) is 6.70. The van der Waals surface area contributed by atoms with Crippen LogP contribution < -0.4 is 10.5 Å². The third-order valence-electron chi connectivity index (χ3n) is 4.63. The van der Waals surface area contributed by atoms with Gasteiger partial charge < -0.3 is 19.9 Å². The average molecular weight is 501 g/mol. The van der Waals surface area contributed by atoms with Gasteiger partial charge in [-0.3, -0.25) is 27.7 Å². The van der Waals surface area contributed by atoms with E-state index in [1.54, 1.807) is 18.4 Å². The monoisotopic (exact) mass is 501 g/mol. The summed E-state index contributed by atoms with van der Waals surface area (Å²) in [7, 11) is -3.86. The highest BCUT2D eigenvalue weighted by molar-refractivity contribution is 7.48. The van der Waals surface area contributed by atoms with Crippen LogP contribution in [-0.4, -0.2) is 64.0 Å². The second-order valence-corrected chi connectivity index (χ2v) is 8.83. The normalized spacial score (nSPS) is 19.7. The highest BCUT2D eigenvalue weighted by Gasteiger charge is 2.33. The number of hydrogen-bond acceptors (Lipinski definition) is 13. The van der Waals surface area contributed by atoms with Crippen molar-refractivity contribution >= 4 is 36.9 Å². The summed E-state index contributed by atoms with van der Waals surface area (Å²) in [6.07, 6.45) is 2.02. The molecule has 15 heteroatoms. The number of carbonyl (C=O) groups excluding carboxylic acids is 2. The maximum Gasteiger partial charge on any atom is 0.474 e. The topological polar surface area (TPSA) is 176 Å². The molecule has 34 heavy (non-hydrogen) atoms. The van der Waals surface area contributed by atoms with Crippen LogP contribution in [-0.2, 0) is 37.2 Å². The Morgan fingerprint density at radius 2 is 2.00 bits per heavy atom. The number of aromatic nitrogens is 4. The van der Waals surface area contributed by atoms with Crippen molar-refractivity contribution in [2.24, 2.45) is 0 Å². The summed E-state index contributed by atoms with van der Waals surface area (Å²) >= 11 is 0. The molecule has 0 spiro atoms. The molecule has 2 aromatic heterocycles. The molecule has 0 aromatic carbocycles. The smallest absolute Gasteiger partial charge is 0.463 e. The number of ether oxygens (including phenoxy) is 3. The molecule has 3 rings (SSSR count). The molecule has 3 heterocycles. The number of nitrogen functional groups attached to an aromatic ring is 1. The van der Waals surface area contributed by atoms with Gasteiger partial charge in [-0.15, -0.1) is 0 Å². The van der Waals surface area contributed by atoms with E-state index in [9.17, 15) is 14.2 Å². The SMILES string of the molecule is CCOP(=O)(OCCOC(=O)CC)OC[C@@H]1CC[C@H](n2cnc3c(OC(C)=O)nc(N)nc32)O1. The fraction of sp³-hybridized carbons (Fsp3) is 0.632. The number of fused-ring (bicyclic) bond motifs is 1. The first-order valence-electron chi connectivity index (χ1n) is 10.8. The van der Waals surface area contributed by atoms with E-state index in [2.05, 4.69) is 15.0 Å². The molecule has 1 saturated heterocycles. The van der Waals surface area contributed by atoms with Crippen molar-refractivity contribution in [3.63, 3.8) is 0 Å². The van der Waals surface area contributed by atoms with Crippen LogP contribution in [0.2, 0.25) is 0 Å². The molecule has 3 atom stereocenters. The highest BCUT2D eigenvalue weighted by atomic mass is 31.2. The molecule has 0 radical (unpaired) electrons. The Balaban J connectivity index is 1.60. The van der Waals surface area contributed by atoms with Crippen molar-refractivity contribution in [2.75, 3.05) is 32.2 Å². The molecule has 0 aliphatic carbocycles. The molecule has 1 unspecified atom stereocenters. The van der Waals surface area contributed by atoms with Crippen LogP contribution in [0.4, 0.5) is 5.95 Å². The van der Waals surface area contributed by atoms with Gasteiger partial charge in [-0.05, 0) is 19.8 Å². The number of anilines is 1. The molecule has 1 aliphatic rings. The molecule has 1 aliphatic heterocycles. The molecule has 0 saturated carbocycles. The van der Waals surface area contributed by atoms with Crippen molar-refractivity contribution in [1.29, 1.82) is 0 Å². The Kier molecular flexibility index (Phi) is 8.91. The molecular weight excluding hydrogens is 473 g/mol. The zero-order valence-electron chi connectivity index (χ0n) is 19.2. The van der Waals surface area contributed by atoms with E-state index in [1.807, 2.05) is 0 Å². The fourth-order valence-electron chi connectivity index (χ4n) is 3.19. The van der Waals surface area contributed by atoms with Crippen molar-refractivity contribution in [3.05, 3.63) is 6.33 Å². The second-order valence-electron chi connectivity index (χ2n) is 7.16. The number of phosphoric ester groups is 1. The van der Waals surface area contributed by atoms with Gasteiger partial charge >= 0.3 is 19.8 Å². The van der Waals surface area contributed by atoms with Crippen LogP contribution in [0, 0.1) is 0 Å². The van der Waals surface area contributed by atoms with Gasteiger partial charge in [0.15, 0.2) is 11.2 Å². The predicted octanol–water partition coefficient (Wildman–Crippen LogP) is 2.14. The van der Waals surface area contributed by atoms with Crippen LogP contribution in [0.15, 0.2) is 6.33 Å². The minimum absolute atomic E-state index is 0.0361. The standard InChI is InChI=1S/C19H28N5O9P/c1-4-15(26)28-8-9-30-34(27,29-5-2)31-10-13-6-7-14(33-13)24-11-21-16-17(24)22-19(20)23-18(16)32-12(3)25/h11,13-14H,4-10H2,1-3H3,(H2,20,22,23)/t13-,14+,34?/m0/s1. The Morgan fingerprint density at radius 3 is 2.71 bits per heavy atom. The van der Waals surface area contributed by atoms with Crippen LogP contribution >= 0.6 is 7.82 Å². The summed E-state index contributed by atoms with van der Waals surface area (Å²) in [5.41, 5.74) is 6.37. The van der Waals surface area contributed by atoms with Gasteiger partial charge in [0.1, 0.15) is 12.8 Å². The minimum Gasteiger partial charge on any atom is -0.463 e. The van der Waals surface area contributed by atoms with Gasteiger partial charge in [0.2, 0.25) is 5.95 Å². The molecule has 0 amide bonds. The lowest BCUT2D eigenvalue weighted by atomic mass is 10.2.